The van der Waals surface area contributed by atoms with Gasteiger partial charge in [0, 0.05) is 17.1 Å². The van der Waals surface area contributed by atoms with Gasteiger partial charge in [-0.25, -0.2) is 0 Å². The molecule has 0 rings (SSSR count). The Balaban J connectivity index is 0. The van der Waals surface area contributed by atoms with Crippen molar-refractivity contribution in [3.8, 4) is 0 Å². The minimum absolute atomic E-state index is 0. The minimum Gasteiger partial charge on any atom is -0.480 e. The summed E-state index contributed by atoms with van der Waals surface area (Å²) in [6.07, 6.45) is 0. The Labute approximate surface area is 65.1 Å². The summed E-state index contributed by atoms with van der Waals surface area (Å²) in [6, 6.07) is -0.713. The van der Waals surface area contributed by atoms with Gasteiger partial charge in [0.05, 0.1) is 0 Å². The zero-order valence-electron chi connectivity index (χ0n) is 5.47. The first-order valence-electron chi connectivity index (χ1n) is 2.54. The number of carbonyl (C=O) groups is 1. The van der Waals surface area contributed by atoms with Gasteiger partial charge in [-0.2, -0.15) is 0 Å². The summed E-state index contributed by atoms with van der Waals surface area (Å²) in [5.41, 5.74) is 5.16. The standard InChI is InChI=1S/C5H11NO2.Mn/c1-3(2)4(6)5(7)8;/h3-4H,6H2,1-2H3,(H,7,8);. The van der Waals surface area contributed by atoms with Crippen molar-refractivity contribution in [2.24, 2.45) is 11.7 Å². The summed E-state index contributed by atoms with van der Waals surface area (Å²) >= 11 is 0. The van der Waals surface area contributed by atoms with Crippen LogP contribution >= 0.6 is 0 Å². The van der Waals surface area contributed by atoms with Crippen molar-refractivity contribution in [3.05, 3.63) is 0 Å². The van der Waals surface area contributed by atoms with Gasteiger partial charge in [0.1, 0.15) is 6.04 Å². The van der Waals surface area contributed by atoms with E-state index in [0.29, 0.717) is 0 Å². The maximum Gasteiger partial charge on any atom is 0.320 e. The van der Waals surface area contributed by atoms with Crippen LogP contribution in [0.3, 0.4) is 0 Å². The van der Waals surface area contributed by atoms with Crippen LogP contribution in [0.1, 0.15) is 13.8 Å². The Morgan fingerprint density at radius 3 is 1.89 bits per heavy atom. The van der Waals surface area contributed by atoms with Gasteiger partial charge < -0.3 is 10.8 Å². The van der Waals surface area contributed by atoms with Crippen LogP contribution in [0.25, 0.3) is 0 Å². The van der Waals surface area contributed by atoms with Crippen molar-refractivity contribution in [2.45, 2.75) is 19.9 Å². The molecule has 3 nitrogen and oxygen atoms in total. The number of rotatable bonds is 2. The third-order valence-electron chi connectivity index (χ3n) is 1.00. The molecule has 1 unspecified atom stereocenters. The molecule has 1 atom stereocenters. The molecule has 0 aromatic rings. The van der Waals surface area contributed by atoms with E-state index in [2.05, 4.69) is 0 Å². The van der Waals surface area contributed by atoms with E-state index in [1.165, 1.54) is 0 Å². The van der Waals surface area contributed by atoms with Crippen molar-refractivity contribution in [3.63, 3.8) is 0 Å². The third kappa shape index (κ3) is 4.45. The zero-order valence-corrected chi connectivity index (χ0v) is 6.65. The fraction of sp³-hybridized carbons (Fsp3) is 0.800. The number of carboxylic acid groups (broad SMARTS) is 1. The van der Waals surface area contributed by atoms with E-state index in [0.717, 1.165) is 0 Å². The maximum atomic E-state index is 10.0. The maximum absolute atomic E-state index is 10.0. The van der Waals surface area contributed by atoms with Crippen LogP contribution in [-0.4, -0.2) is 17.1 Å². The molecule has 0 aliphatic rings. The largest absolute Gasteiger partial charge is 0.480 e. The second-order valence-electron chi connectivity index (χ2n) is 2.11. The van der Waals surface area contributed by atoms with E-state index in [9.17, 15) is 4.79 Å². The Morgan fingerprint density at radius 2 is 1.89 bits per heavy atom. The molecule has 0 saturated heterocycles. The molecule has 0 heterocycles. The number of carboxylic acids is 1. The van der Waals surface area contributed by atoms with Gasteiger partial charge in [0.2, 0.25) is 0 Å². The first-order valence-corrected chi connectivity index (χ1v) is 2.54. The Kier molecular flexibility index (Phi) is 6.24. The predicted molar refractivity (Wildman–Crippen MR) is 30.4 cm³/mol. The molecule has 1 radical (unpaired) electrons. The second kappa shape index (κ2) is 4.79. The van der Waals surface area contributed by atoms with Gasteiger partial charge in [-0.15, -0.1) is 0 Å². The van der Waals surface area contributed by atoms with Crippen LogP contribution < -0.4 is 5.73 Å². The van der Waals surface area contributed by atoms with Gasteiger partial charge in [-0.05, 0) is 5.92 Å². The molecule has 9 heavy (non-hydrogen) atoms. The number of nitrogens with two attached hydrogens (primary N) is 1. The van der Waals surface area contributed by atoms with E-state index >= 15 is 0 Å². The van der Waals surface area contributed by atoms with E-state index in [-0.39, 0.29) is 23.0 Å². The van der Waals surface area contributed by atoms with Crippen molar-refractivity contribution >= 4 is 5.97 Å². The van der Waals surface area contributed by atoms with E-state index < -0.39 is 12.0 Å². The summed E-state index contributed by atoms with van der Waals surface area (Å²) in [7, 11) is 0. The van der Waals surface area contributed by atoms with Crippen LogP contribution in [0.4, 0.5) is 0 Å². The average molecular weight is 172 g/mol. The molecule has 0 fully saturated rings. The molecule has 0 bridgehead atoms. The Bertz CT molecular complexity index is 95.0. The van der Waals surface area contributed by atoms with Crippen molar-refractivity contribution < 1.29 is 27.0 Å². The summed E-state index contributed by atoms with van der Waals surface area (Å²) in [4.78, 5) is 10.0. The van der Waals surface area contributed by atoms with Crippen LogP contribution in [-0.2, 0) is 21.9 Å². The number of hydrogen-bond acceptors (Lipinski definition) is 2. The molecule has 0 saturated carbocycles. The van der Waals surface area contributed by atoms with Gasteiger partial charge in [-0.3, -0.25) is 4.79 Å². The van der Waals surface area contributed by atoms with E-state index in [1.807, 2.05) is 0 Å². The summed E-state index contributed by atoms with van der Waals surface area (Å²) in [5.74, 6) is -0.910. The number of aliphatic carboxylic acids is 1. The normalized spacial score (nSPS) is 12.4. The fourth-order valence-corrected chi connectivity index (χ4v) is 0.285. The molecule has 3 N–H and O–H groups in total. The van der Waals surface area contributed by atoms with Crippen LogP contribution in [0.15, 0.2) is 0 Å². The summed E-state index contributed by atoms with van der Waals surface area (Å²) in [6.45, 7) is 3.55. The van der Waals surface area contributed by atoms with Gasteiger partial charge in [-0.1, -0.05) is 13.8 Å². The quantitative estimate of drug-likeness (QED) is 0.578. The molecule has 4 heteroatoms. The molecular weight excluding hydrogens is 161 g/mol. The molecule has 55 valence electrons. The minimum atomic E-state index is -0.931. The van der Waals surface area contributed by atoms with Gasteiger partial charge in [0.15, 0.2) is 0 Å². The van der Waals surface area contributed by atoms with Gasteiger partial charge >= 0.3 is 5.97 Å². The van der Waals surface area contributed by atoms with Crippen LogP contribution in [0.5, 0.6) is 0 Å². The molecule has 0 aromatic heterocycles. The average Bonchev–Trinajstić information content (AvgIpc) is 1.64. The first-order chi connectivity index (χ1) is 3.55. The molecule has 0 aliphatic heterocycles. The van der Waals surface area contributed by atoms with Crippen molar-refractivity contribution in [1.29, 1.82) is 0 Å². The molecule has 0 aliphatic carbocycles. The number of hydrogen-bond donors (Lipinski definition) is 2. The predicted octanol–water partition coefficient (Wildman–Crippen LogP) is 0.0518. The smallest absolute Gasteiger partial charge is 0.320 e. The Morgan fingerprint density at radius 1 is 1.56 bits per heavy atom. The first kappa shape index (κ1) is 11.7. The second-order valence-corrected chi connectivity index (χ2v) is 2.11. The molecule has 0 aromatic carbocycles. The fourth-order valence-electron chi connectivity index (χ4n) is 0.285. The molecular formula is C5H11MnNO2. The topological polar surface area (TPSA) is 63.3 Å². The van der Waals surface area contributed by atoms with E-state index in [1.54, 1.807) is 13.8 Å². The SMILES string of the molecule is CC(C)C(N)C(=O)O.[Mn]. The molecule has 0 amide bonds. The zero-order chi connectivity index (χ0) is 6.73. The Hall–Kier alpha value is -0.0505. The summed E-state index contributed by atoms with van der Waals surface area (Å²) < 4.78 is 0. The summed E-state index contributed by atoms with van der Waals surface area (Å²) in [5, 5.41) is 8.23. The third-order valence-corrected chi connectivity index (χ3v) is 1.00. The van der Waals surface area contributed by atoms with Crippen molar-refractivity contribution in [2.75, 3.05) is 0 Å². The molecule has 0 spiro atoms. The van der Waals surface area contributed by atoms with Crippen molar-refractivity contribution in [1.82, 2.24) is 0 Å². The van der Waals surface area contributed by atoms with Crippen LogP contribution in [0, 0.1) is 5.92 Å². The van der Waals surface area contributed by atoms with E-state index in [4.69, 9.17) is 10.8 Å². The van der Waals surface area contributed by atoms with Crippen LogP contribution in [0.2, 0.25) is 0 Å². The monoisotopic (exact) mass is 172 g/mol. The van der Waals surface area contributed by atoms with Gasteiger partial charge in [0.25, 0.3) is 0 Å².